The molecule has 0 aromatic heterocycles. The Bertz CT molecular complexity index is 620. The minimum absolute atomic E-state index is 0. The molecule has 0 unspecified atom stereocenters. The first-order chi connectivity index (χ1) is 11.4. The van der Waals surface area contributed by atoms with Gasteiger partial charge in [-0.15, -0.1) is 17.0 Å². The van der Waals surface area contributed by atoms with E-state index in [1.54, 1.807) is 7.11 Å². The van der Waals surface area contributed by atoms with Gasteiger partial charge in [0, 0.05) is 0 Å². The van der Waals surface area contributed by atoms with Crippen molar-refractivity contribution in [2.24, 2.45) is 0 Å². The number of hydrogen-bond acceptors (Lipinski definition) is 1. The molecule has 3 aromatic carbocycles. The first-order valence-electron chi connectivity index (χ1n) is 8.03. The molecule has 24 heavy (non-hydrogen) atoms. The molecule has 0 radical (unpaired) electrons. The first-order valence-corrected chi connectivity index (χ1v) is 10.2. The average Bonchev–Trinajstić information content (AvgIpc) is 2.65. The molecule has 3 aromatic rings. The summed E-state index contributed by atoms with van der Waals surface area (Å²) in [6.45, 7) is 0.769. The number of methoxy groups -OCH3 is 1. The van der Waals surface area contributed by atoms with Crippen molar-refractivity contribution in [2.75, 3.05) is 19.9 Å². The van der Waals surface area contributed by atoms with Crippen molar-refractivity contribution >= 4 is 40.2 Å². The van der Waals surface area contributed by atoms with Crippen molar-refractivity contribution in [1.82, 2.24) is 0 Å². The number of rotatable bonds is 6. The van der Waals surface area contributed by atoms with Crippen LogP contribution in [-0.2, 0) is 4.74 Å². The molecule has 0 saturated heterocycles. The van der Waals surface area contributed by atoms with Crippen LogP contribution in [0.25, 0.3) is 0 Å². The van der Waals surface area contributed by atoms with Crippen LogP contribution in [0.4, 0.5) is 0 Å². The van der Waals surface area contributed by atoms with E-state index in [2.05, 4.69) is 91.0 Å². The van der Waals surface area contributed by atoms with Crippen LogP contribution in [0.1, 0.15) is 0 Å². The zero-order chi connectivity index (χ0) is 16.0. The van der Waals surface area contributed by atoms with E-state index in [4.69, 9.17) is 4.74 Å². The van der Waals surface area contributed by atoms with Gasteiger partial charge in [-0.25, -0.2) is 0 Å². The van der Waals surface area contributed by atoms with Gasteiger partial charge in [0.2, 0.25) is 0 Å². The number of halogens is 1. The Hall–Kier alpha value is -1.47. The van der Waals surface area contributed by atoms with Crippen LogP contribution >= 0.6 is 24.2 Å². The third-order valence-corrected chi connectivity index (χ3v) is 9.39. The predicted octanol–water partition coefficient (Wildman–Crippen LogP) is 3.94. The summed E-state index contributed by atoms with van der Waals surface area (Å²) in [4.78, 5) is 0. The molecule has 0 bridgehead atoms. The molecule has 0 N–H and O–H groups in total. The molecule has 126 valence electrons. The number of benzene rings is 3. The van der Waals surface area contributed by atoms with E-state index in [1.165, 1.54) is 15.9 Å². The minimum atomic E-state index is -2.07. The molecule has 3 rings (SSSR count). The van der Waals surface area contributed by atoms with E-state index in [0.29, 0.717) is 0 Å². The van der Waals surface area contributed by atoms with Gasteiger partial charge in [-0.2, -0.15) is 0 Å². The Kier molecular flexibility index (Phi) is 7.17. The van der Waals surface area contributed by atoms with E-state index in [0.717, 1.165) is 12.8 Å². The third kappa shape index (κ3) is 3.78. The Morgan fingerprint density at radius 3 is 1.25 bits per heavy atom. The summed E-state index contributed by atoms with van der Waals surface area (Å²) in [6.07, 6.45) is 1.04. The standard InChI is InChI=1S/C21H23OP.BrH/c1-22-17-18-23(19-11-5-2-6-12-19,20-13-7-3-8-14-20)21-15-9-4-10-16-21;/h2-16,23H,17-18H2,1H3;1H. The maximum absolute atomic E-state index is 5.50. The van der Waals surface area contributed by atoms with Gasteiger partial charge in [0.05, 0.1) is 0 Å². The SMILES string of the molecule is Br.COCC[PH](c1ccccc1)(c1ccccc1)c1ccccc1. The van der Waals surface area contributed by atoms with Crippen molar-refractivity contribution in [3.05, 3.63) is 91.0 Å². The molecule has 0 atom stereocenters. The summed E-state index contributed by atoms with van der Waals surface area (Å²) in [7, 11) is -0.278. The van der Waals surface area contributed by atoms with Gasteiger partial charge in [-0.05, 0) is 0 Å². The quantitative estimate of drug-likeness (QED) is 0.567. The molecule has 0 aliphatic rings. The van der Waals surface area contributed by atoms with Crippen LogP contribution in [0.2, 0.25) is 0 Å². The van der Waals surface area contributed by atoms with Gasteiger partial charge in [-0.3, -0.25) is 0 Å². The molecular weight excluding hydrogens is 379 g/mol. The van der Waals surface area contributed by atoms with E-state index in [1.807, 2.05) is 0 Å². The van der Waals surface area contributed by atoms with Gasteiger partial charge >= 0.3 is 139 Å². The molecule has 0 aliphatic heterocycles. The second kappa shape index (κ2) is 9.13. The van der Waals surface area contributed by atoms with Crippen molar-refractivity contribution in [1.29, 1.82) is 0 Å². The van der Waals surface area contributed by atoms with E-state index in [9.17, 15) is 0 Å². The zero-order valence-corrected chi connectivity index (χ0v) is 16.6. The second-order valence-electron chi connectivity index (χ2n) is 5.75. The molecule has 1 nitrogen and oxygen atoms in total. The van der Waals surface area contributed by atoms with Crippen LogP contribution in [0.5, 0.6) is 0 Å². The van der Waals surface area contributed by atoms with E-state index >= 15 is 0 Å². The maximum atomic E-state index is 5.50. The Balaban J connectivity index is 0.00000208. The van der Waals surface area contributed by atoms with Crippen LogP contribution in [0.15, 0.2) is 91.0 Å². The normalized spacial score (nSPS) is 11.5. The Morgan fingerprint density at radius 1 is 0.625 bits per heavy atom. The van der Waals surface area contributed by atoms with Gasteiger partial charge in [0.15, 0.2) is 0 Å². The molecule has 0 fully saturated rings. The summed E-state index contributed by atoms with van der Waals surface area (Å²) in [5.74, 6) is 0. The van der Waals surface area contributed by atoms with Gasteiger partial charge in [0.1, 0.15) is 0 Å². The van der Waals surface area contributed by atoms with Gasteiger partial charge < -0.3 is 0 Å². The summed E-state index contributed by atoms with van der Waals surface area (Å²) in [6, 6.07) is 32.8. The summed E-state index contributed by atoms with van der Waals surface area (Å²) in [5.41, 5.74) is 0. The first kappa shape index (κ1) is 18.9. The predicted molar refractivity (Wildman–Crippen MR) is 114 cm³/mol. The van der Waals surface area contributed by atoms with Crippen LogP contribution < -0.4 is 15.9 Å². The van der Waals surface area contributed by atoms with Gasteiger partial charge in [-0.1, -0.05) is 0 Å². The summed E-state index contributed by atoms with van der Waals surface area (Å²) < 4.78 is 5.50. The topological polar surface area (TPSA) is 9.23 Å². The fourth-order valence-electron chi connectivity index (χ4n) is 3.36. The number of hydrogen-bond donors (Lipinski definition) is 0. The van der Waals surface area contributed by atoms with E-state index < -0.39 is 7.26 Å². The summed E-state index contributed by atoms with van der Waals surface area (Å²) >= 11 is 0. The summed E-state index contributed by atoms with van der Waals surface area (Å²) in [5, 5.41) is 4.32. The molecule has 0 amide bonds. The zero-order valence-electron chi connectivity index (χ0n) is 13.9. The average molecular weight is 403 g/mol. The molecule has 0 spiro atoms. The van der Waals surface area contributed by atoms with Crippen molar-refractivity contribution in [2.45, 2.75) is 0 Å². The van der Waals surface area contributed by atoms with Crippen molar-refractivity contribution in [3.8, 4) is 0 Å². The molecular formula is C21H24BrOP. The molecule has 0 aliphatic carbocycles. The fourth-order valence-corrected chi connectivity index (χ4v) is 8.02. The van der Waals surface area contributed by atoms with Crippen LogP contribution in [0.3, 0.4) is 0 Å². The van der Waals surface area contributed by atoms with Crippen molar-refractivity contribution < 1.29 is 4.74 Å². The molecule has 0 heterocycles. The fraction of sp³-hybridized carbons (Fsp3) is 0.143. The van der Waals surface area contributed by atoms with Crippen molar-refractivity contribution in [3.63, 3.8) is 0 Å². The van der Waals surface area contributed by atoms with Crippen LogP contribution in [0, 0.1) is 0 Å². The molecule has 3 heteroatoms. The van der Waals surface area contributed by atoms with E-state index in [-0.39, 0.29) is 17.0 Å². The number of ether oxygens (including phenoxy) is 1. The second-order valence-corrected chi connectivity index (χ2v) is 9.79. The van der Waals surface area contributed by atoms with Gasteiger partial charge in [0.25, 0.3) is 0 Å². The van der Waals surface area contributed by atoms with Crippen LogP contribution in [-0.4, -0.2) is 19.9 Å². The monoisotopic (exact) mass is 402 g/mol. The Morgan fingerprint density at radius 2 is 0.958 bits per heavy atom. The third-order valence-electron chi connectivity index (χ3n) is 4.48. The molecule has 0 saturated carbocycles. The Labute approximate surface area is 155 Å².